The lowest BCUT2D eigenvalue weighted by atomic mass is 9.80. The van der Waals surface area contributed by atoms with Gasteiger partial charge in [-0.1, -0.05) is 6.08 Å². The maximum atomic E-state index is 12.8. The van der Waals surface area contributed by atoms with Crippen LogP contribution in [0.15, 0.2) is 36.4 Å². The third-order valence-electron chi connectivity index (χ3n) is 4.15. The standard InChI is InChI=1S/C18H20FNO2/c19-16-9-11-17(12-10-16)22-18(21)15-7-5-14(6-8-15)4-2-1-3-13-20/h1,3,9-12,14-15H,2,4-8H2. The highest BCUT2D eigenvalue weighted by molar-refractivity contribution is 5.75. The maximum Gasteiger partial charge on any atom is 0.314 e. The number of carbonyl (C=O) groups is 1. The molecule has 1 aromatic rings. The van der Waals surface area contributed by atoms with Crippen molar-refractivity contribution in [2.24, 2.45) is 11.8 Å². The van der Waals surface area contributed by atoms with Gasteiger partial charge in [-0.15, -0.1) is 0 Å². The van der Waals surface area contributed by atoms with Gasteiger partial charge in [-0.3, -0.25) is 4.79 Å². The molecule has 0 saturated heterocycles. The van der Waals surface area contributed by atoms with Gasteiger partial charge in [0.2, 0.25) is 0 Å². The van der Waals surface area contributed by atoms with Crippen molar-refractivity contribution >= 4 is 5.97 Å². The van der Waals surface area contributed by atoms with Gasteiger partial charge in [0.1, 0.15) is 11.6 Å². The molecule has 1 aliphatic carbocycles. The van der Waals surface area contributed by atoms with Crippen LogP contribution in [0.3, 0.4) is 0 Å². The first-order chi connectivity index (χ1) is 10.7. The van der Waals surface area contributed by atoms with Gasteiger partial charge < -0.3 is 4.74 Å². The summed E-state index contributed by atoms with van der Waals surface area (Å²) in [6.45, 7) is 0. The van der Waals surface area contributed by atoms with E-state index < -0.39 is 0 Å². The van der Waals surface area contributed by atoms with Crippen LogP contribution >= 0.6 is 0 Å². The minimum Gasteiger partial charge on any atom is -0.426 e. The second-order valence-corrected chi connectivity index (χ2v) is 5.70. The van der Waals surface area contributed by atoms with Gasteiger partial charge in [-0.05, 0) is 68.7 Å². The van der Waals surface area contributed by atoms with Gasteiger partial charge in [0.15, 0.2) is 0 Å². The second kappa shape index (κ2) is 8.33. The van der Waals surface area contributed by atoms with Gasteiger partial charge >= 0.3 is 5.97 Å². The fourth-order valence-electron chi connectivity index (χ4n) is 2.86. The first kappa shape index (κ1) is 16.2. The predicted octanol–water partition coefficient (Wildman–Crippen LogP) is 4.40. The van der Waals surface area contributed by atoms with E-state index in [1.165, 1.54) is 30.3 Å². The Bertz CT molecular complexity index is 551. The highest BCUT2D eigenvalue weighted by atomic mass is 19.1. The summed E-state index contributed by atoms with van der Waals surface area (Å²) in [6.07, 6.45) is 9.12. The van der Waals surface area contributed by atoms with E-state index in [0.717, 1.165) is 38.5 Å². The first-order valence-electron chi connectivity index (χ1n) is 7.71. The number of benzene rings is 1. The molecule has 0 bridgehead atoms. The number of rotatable bonds is 5. The Hall–Kier alpha value is -2.15. The van der Waals surface area contributed by atoms with E-state index in [1.54, 1.807) is 0 Å². The van der Waals surface area contributed by atoms with Crippen LogP contribution < -0.4 is 4.74 Å². The van der Waals surface area contributed by atoms with E-state index in [9.17, 15) is 9.18 Å². The van der Waals surface area contributed by atoms with E-state index in [2.05, 4.69) is 0 Å². The van der Waals surface area contributed by atoms with E-state index in [1.807, 2.05) is 12.1 Å². The predicted molar refractivity (Wildman–Crippen MR) is 81.5 cm³/mol. The molecule has 0 amide bonds. The van der Waals surface area contributed by atoms with Gasteiger partial charge in [0, 0.05) is 6.08 Å². The van der Waals surface area contributed by atoms with Gasteiger partial charge in [-0.25, -0.2) is 4.39 Å². The fraction of sp³-hybridized carbons (Fsp3) is 0.444. The van der Waals surface area contributed by atoms with Crippen molar-refractivity contribution in [3.63, 3.8) is 0 Å². The number of hydrogen-bond acceptors (Lipinski definition) is 3. The number of carbonyl (C=O) groups excluding carboxylic acids is 1. The Kier molecular flexibility index (Phi) is 6.14. The van der Waals surface area contributed by atoms with Crippen molar-refractivity contribution in [1.82, 2.24) is 0 Å². The minimum atomic E-state index is -0.342. The van der Waals surface area contributed by atoms with Crippen molar-refractivity contribution in [2.45, 2.75) is 38.5 Å². The zero-order chi connectivity index (χ0) is 15.8. The molecule has 3 nitrogen and oxygen atoms in total. The lowest BCUT2D eigenvalue weighted by Gasteiger charge is -2.26. The lowest BCUT2D eigenvalue weighted by molar-refractivity contribution is -0.140. The largest absolute Gasteiger partial charge is 0.426 e. The molecule has 1 aromatic carbocycles. The van der Waals surface area contributed by atoms with Gasteiger partial charge in [0.05, 0.1) is 12.0 Å². The Morgan fingerprint density at radius 1 is 1.27 bits per heavy atom. The third kappa shape index (κ3) is 5.00. The topological polar surface area (TPSA) is 50.1 Å². The van der Waals surface area contributed by atoms with E-state index in [4.69, 9.17) is 10.00 Å². The van der Waals surface area contributed by atoms with Crippen LogP contribution in [0.1, 0.15) is 38.5 Å². The van der Waals surface area contributed by atoms with E-state index in [-0.39, 0.29) is 17.7 Å². The Morgan fingerprint density at radius 2 is 1.95 bits per heavy atom. The smallest absolute Gasteiger partial charge is 0.314 e. The summed E-state index contributed by atoms with van der Waals surface area (Å²) >= 11 is 0. The zero-order valence-electron chi connectivity index (χ0n) is 12.5. The molecule has 0 spiro atoms. The van der Waals surface area contributed by atoms with Crippen LogP contribution in [0.25, 0.3) is 0 Å². The third-order valence-corrected chi connectivity index (χ3v) is 4.15. The van der Waals surface area contributed by atoms with E-state index in [0.29, 0.717) is 11.7 Å². The normalized spacial score (nSPS) is 21.5. The van der Waals surface area contributed by atoms with Crippen molar-refractivity contribution in [2.75, 3.05) is 0 Å². The Labute approximate surface area is 130 Å². The summed E-state index contributed by atoms with van der Waals surface area (Å²) in [7, 11) is 0. The van der Waals surface area contributed by atoms with Crippen molar-refractivity contribution in [3.05, 3.63) is 42.2 Å². The quantitative estimate of drug-likeness (QED) is 0.460. The second-order valence-electron chi connectivity index (χ2n) is 5.70. The molecule has 116 valence electrons. The van der Waals surface area contributed by atoms with Crippen LogP contribution in [-0.2, 0) is 4.79 Å². The van der Waals surface area contributed by atoms with Crippen molar-refractivity contribution < 1.29 is 13.9 Å². The average molecular weight is 301 g/mol. The molecule has 0 N–H and O–H groups in total. The van der Waals surface area contributed by atoms with Crippen molar-refractivity contribution in [1.29, 1.82) is 5.26 Å². The van der Waals surface area contributed by atoms with Crippen LogP contribution in [0.2, 0.25) is 0 Å². The summed E-state index contributed by atoms with van der Waals surface area (Å²) in [5.74, 6) is 0.407. The van der Waals surface area contributed by atoms with Crippen LogP contribution in [0.4, 0.5) is 4.39 Å². The molecule has 0 heterocycles. The Morgan fingerprint density at radius 3 is 2.59 bits per heavy atom. The molecular weight excluding hydrogens is 281 g/mol. The van der Waals surface area contributed by atoms with Gasteiger partial charge in [0.25, 0.3) is 0 Å². The van der Waals surface area contributed by atoms with Crippen LogP contribution in [-0.4, -0.2) is 5.97 Å². The summed E-state index contributed by atoms with van der Waals surface area (Å²) in [6, 6.07) is 7.51. The maximum absolute atomic E-state index is 12.8. The van der Waals surface area contributed by atoms with Crippen LogP contribution in [0.5, 0.6) is 5.75 Å². The summed E-state index contributed by atoms with van der Waals surface area (Å²) in [5.41, 5.74) is 0. The molecule has 0 aliphatic heterocycles. The zero-order valence-corrected chi connectivity index (χ0v) is 12.5. The molecule has 0 radical (unpaired) electrons. The highest BCUT2D eigenvalue weighted by Gasteiger charge is 2.27. The molecule has 1 saturated carbocycles. The summed E-state index contributed by atoms with van der Waals surface area (Å²) < 4.78 is 18.1. The Balaban J connectivity index is 1.74. The molecule has 0 atom stereocenters. The molecule has 22 heavy (non-hydrogen) atoms. The average Bonchev–Trinajstić information content (AvgIpc) is 2.54. The van der Waals surface area contributed by atoms with Crippen molar-refractivity contribution in [3.8, 4) is 11.8 Å². The number of nitrogens with zero attached hydrogens (tertiary/aromatic N) is 1. The molecule has 4 heteroatoms. The number of hydrogen-bond donors (Lipinski definition) is 0. The molecule has 2 rings (SSSR count). The van der Waals surface area contributed by atoms with Crippen LogP contribution in [0, 0.1) is 29.0 Å². The number of nitriles is 1. The first-order valence-corrected chi connectivity index (χ1v) is 7.71. The number of ether oxygens (including phenoxy) is 1. The number of allylic oxidation sites excluding steroid dienone is 2. The monoisotopic (exact) mass is 301 g/mol. The molecule has 0 unspecified atom stereocenters. The summed E-state index contributed by atoms with van der Waals surface area (Å²) in [5, 5.41) is 8.43. The molecular formula is C18H20FNO2. The molecule has 1 fully saturated rings. The number of esters is 1. The van der Waals surface area contributed by atoms with E-state index >= 15 is 0 Å². The lowest BCUT2D eigenvalue weighted by Crippen LogP contribution is -2.25. The highest BCUT2D eigenvalue weighted by Crippen LogP contribution is 2.32. The SMILES string of the molecule is N#CC=CCCC1CCC(C(=O)Oc2ccc(F)cc2)CC1. The summed E-state index contributed by atoms with van der Waals surface area (Å²) in [4.78, 5) is 12.1. The molecule has 1 aliphatic rings. The fourth-order valence-corrected chi connectivity index (χ4v) is 2.86. The molecule has 0 aromatic heterocycles. The van der Waals surface area contributed by atoms with Gasteiger partial charge in [-0.2, -0.15) is 5.26 Å². The number of halogens is 1. The minimum absolute atomic E-state index is 0.0593.